The lowest BCUT2D eigenvalue weighted by molar-refractivity contribution is 0.0700. The molecule has 1 aliphatic rings. The minimum absolute atomic E-state index is 0.00931. The van der Waals surface area contributed by atoms with Crippen LogP contribution in [-0.4, -0.2) is 45.5 Å². The zero-order valence-electron chi connectivity index (χ0n) is 14.3. The predicted octanol–water partition coefficient (Wildman–Crippen LogP) is 3.22. The van der Waals surface area contributed by atoms with Gasteiger partial charge in [-0.1, -0.05) is 17.3 Å². The number of methoxy groups -OCH3 is 1. The van der Waals surface area contributed by atoms with Gasteiger partial charge in [-0.3, -0.25) is 4.79 Å². The van der Waals surface area contributed by atoms with Gasteiger partial charge in [0.15, 0.2) is 0 Å². The molecule has 26 heavy (non-hydrogen) atoms. The molecular weight excluding hydrogens is 352 g/mol. The molecule has 0 bridgehead atoms. The van der Waals surface area contributed by atoms with E-state index in [0.717, 1.165) is 18.4 Å². The average molecular weight is 370 g/mol. The fourth-order valence-corrected chi connectivity index (χ4v) is 3.66. The standard InChI is InChI=1S/C18H18N4O3S/c1-24-15-5-3-2-4-13(15)16-19-17(25-20-16)12-6-9-22(10-7-12)18(23)14-8-11-26-21-14/h2-5,8,11-12H,6-7,9-10H2,1H3. The number of carbonyl (C=O) groups is 1. The molecule has 0 atom stereocenters. The second-order valence-electron chi connectivity index (χ2n) is 6.11. The highest BCUT2D eigenvalue weighted by Gasteiger charge is 2.29. The van der Waals surface area contributed by atoms with Crippen molar-refractivity contribution in [3.8, 4) is 17.1 Å². The van der Waals surface area contributed by atoms with Gasteiger partial charge in [0.1, 0.15) is 11.4 Å². The van der Waals surface area contributed by atoms with Crippen molar-refractivity contribution in [1.82, 2.24) is 19.4 Å². The highest BCUT2D eigenvalue weighted by molar-refractivity contribution is 7.03. The topological polar surface area (TPSA) is 81.4 Å². The molecule has 3 heterocycles. The first-order valence-electron chi connectivity index (χ1n) is 8.43. The van der Waals surface area contributed by atoms with Crippen LogP contribution in [0.3, 0.4) is 0 Å². The molecule has 0 aliphatic carbocycles. The van der Waals surface area contributed by atoms with Crippen LogP contribution >= 0.6 is 11.5 Å². The second-order valence-corrected chi connectivity index (χ2v) is 6.77. The van der Waals surface area contributed by atoms with Crippen LogP contribution in [0, 0.1) is 0 Å². The Labute approximate surface area is 154 Å². The quantitative estimate of drug-likeness (QED) is 0.701. The van der Waals surface area contributed by atoms with Gasteiger partial charge in [-0.15, -0.1) is 0 Å². The van der Waals surface area contributed by atoms with E-state index in [9.17, 15) is 4.79 Å². The number of rotatable bonds is 4. The van der Waals surface area contributed by atoms with Crippen LogP contribution in [0.4, 0.5) is 0 Å². The fraction of sp³-hybridized carbons (Fsp3) is 0.333. The summed E-state index contributed by atoms with van der Waals surface area (Å²) in [4.78, 5) is 18.8. The summed E-state index contributed by atoms with van der Waals surface area (Å²) in [6.07, 6.45) is 1.59. The summed E-state index contributed by atoms with van der Waals surface area (Å²) < 4.78 is 15.0. The van der Waals surface area contributed by atoms with Crippen molar-refractivity contribution in [3.63, 3.8) is 0 Å². The summed E-state index contributed by atoms with van der Waals surface area (Å²) >= 11 is 1.29. The smallest absolute Gasteiger partial charge is 0.273 e. The van der Waals surface area contributed by atoms with E-state index in [1.54, 1.807) is 13.2 Å². The van der Waals surface area contributed by atoms with Crippen molar-refractivity contribution < 1.29 is 14.1 Å². The third kappa shape index (κ3) is 3.20. The van der Waals surface area contributed by atoms with Crippen LogP contribution in [0.2, 0.25) is 0 Å². The number of carbonyl (C=O) groups excluding carboxylic acids is 1. The van der Waals surface area contributed by atoms with E-state index in [-0.39, 0.29) is 11.8 Å². The number of benzene rings is 1. The van der Waals surface area contributed by atoms with Gasteiger partial charge in [0.05, 0.1) is 12.7 Å². The van der Waals surface area contributed by atoms with Crippen LogP contribution in [0.1, 0.15) is 35.1 Å². The molecule has 0 radical (unpaired) electrons. The molecule has 1 fully saturated rings. The summed E-state index contributed by atoms with van der Waals surface area (Å²) in [5, 5.41) is 5.93. The molecule has 8 heteroatoms. The zero-order chi connectivity index (χ0) is 17.9. The third-order valence-electron chi connectivity index (χ3n) is 4.58. The number of piperidine rings is 1. The number of amides is 1. The molecule has 134 valence electrons. The van der Waals surface area contributed by atoms with Gasteiger partial charge >= 0.3 is 0 Å². The fourth-order valence-electron chi connectivity index (χ4n) is 3.15. The predicted molar refractivity (Wildman–Crippen MR) is 96.3 cm³/mol. The Kier molecular flexibility index (Phi) is 4.66. The molecule has 0 unspecified atom stereocenters. The first-order chi connectivity index (χ1) is 12.8. The normalized spacial score (nSPS) is 15.2. The Balaban J connectivity index is 1.44. The van der Waals surface area contributed by atoms with Crippen molar-refractivity contribution in [1.29, 1.82) is 0 Å². The highest BCUT2D eigenvalue weighted by Crippen LogP contribution is 2.31. The number of likely N-dealkylation sites (tertiary alicyclic amines) is 1. The lowest BCUT2D eigenvalue weighted by Crippen LogP contribution is -2.38. The Morgan fingerprint density at radius 2 is 2.08 bits per heavy atom. The van der Waals surface area contributed by atoms with Crippen LogP contribution < -0.4 is 4.74 Å². The van der Waals surface area contributed by atoms with E-state index in [1.165, 1.54) is 11.5 Å². The summed E-state index contributed by atoms with van der Waals surface area (Å²) in [7, 11) is 1.62. The van der Waals surface area contributed by atoms with Gasteiger partial charge in [0.25, 0.3) is 5.91 Å². The number of hydrogen-bond donors (Lipinski definition) is 0. The van der Waals surface area contributed by atoms with Crippen LogP contribution in [-0.2, 0) is 0 Å². The molecule has 1 aliphatic heterocycles. The largest absolute Gasteiger partial charge is 0.496 e. The summed E-state index contributed by atoms with van der Waals surface area (Å²) in [5.74, 6) is 2.00. The third-order valence-corrected chi connectivity index (χ3v) is 5.14. The average Bonchev–Trinajstić information content (AvgIpc) is 3.39. The first-order valence-corrected chi connectivity index (χ1v) is 9.26. The molecule has 3 aromatic rings. The monoisotopic (exact) mass is 370 g/mol. The van der Waals surface area contributed by atoms with Crippen molar-refractivity contribution >= 4 is 17.4 Å². The molecule has 7 nitrogen and oxygen atoms in total. The summed E-state index contributed by atoms with van der Waals surface area (Å²) in [6.45, 7) is 1.32. The van der Waals surface area contributed by atoms with Gasteiger partial charge in [-0.05, 0) is 42.6 Å². The van der Waals surface area contributed by atoms with Gasteiger partial charge in [-0.2, -0.15) is 9.36 Å². The van der Waals surface area contributed by atoms with Gasteiger partial charge in [0.2, 0.25) is 11.7 Å². The Hall–Kier alpha value is -2.74. The van der Waals surface area contributed by atoms with E-state index in [4.69, 9.17) is 9.26 Å². The summed E-state index contributed by atoms with van der Waals surface area (Å²) in [5.41, 5.74) is 1.32. The molecule has 4 rings (SSSR count). The van der Waals surface area contributed by atoms with Crippen molar-refractivity contribution in [2.24, 2.45) is 0 Å². The maximum Gasteiger partial charge on any atom is 0.273 e. The second kappa shape index (κ2) is 7.25. The van der Waals surface area contributed by atoms with Crippen molar-refractivity contribution in [2.75, 3.05) is 20.2 Å². The first kappa shape index (κ1) is 16.7. The number of para-hydroxylation sites is 1. The highest BCUT2D eigenvalue weighted by atomic mass is 32.1. The van der Waals surface area contributed by atoms with E-state index in [1.807, 2.05) is 34.5 Å². The minimum atomic E-state index is -0.00931. The molecule has 0 N–H and O–H groups in total. The van der Waals surface area contributed by atoms with Crippen LogP contribution in [0.25, 0.3) is 11.4 Å². The van der Waals surface area contributed by atoms with Crippen LogP contribution in [0.15, 0.2) is 40.2 Å². The maximum absolute atomic E-state index is 12.4. The summed E-state index contributed by atoms with van der Waals surface area (Å²) in [6, 6.07) is 9.35. The lowest BCUT2D eigenvalue weighted by atomic mass is 9.96. The zero-order valence-corrected chi connectivity index (χ0v) is 15.1. The minimum Gasteiger partial charge on any atom is -0.496 e. The molecule has 1 aromatic carbocycles. The van der Waals surface area contributed by atoms with E-state index in [0.29, 0.717) is 36.2 Å². The SMILES string of the molecule is COc1ccccc1-c1noc(C2CCN(C(=O)c3ccsn3)CC2)n1. The molecular formula is C18H18N4O3S. The number of hydrogen-bond acceptors (Lipinski definition) is 7. The van der Waals surface area contributed by atoms with E-state index in [2.05, 4.69) is 14.5 Å². The molecule has 1 saturated heterocycles. The maximum atomic E-state index is 12.4. The number of ether oxygens (including phenoxy) is 1. The lowest BCUT2D eigenvalue weighted by Gasteiger charge is -2.29. The van der Waals surface area contributed by atoms with Crippen LogP contribution in [0.5, 0.6) is 5.75 Å². The number of nitrogens with zero attached hydrogens (tertiary/aromatic N) is 4. The van der Waals surface area contributed by atoms with Crippen molar-refractivity contribution in [3.05, 3.63) is 47.3 Å². The molecule has 2 aromatic heterocycles. The molecule has 0 saturated carbocycles. The van der Waals surface area contributed by atoms with E-state index < -0.39 is 0 Å². The molecule has 0 spiro atoms. The van der Waals surface area contributed by atoms with Gasteiger partial charge in [-0.25, -0.2) is 0 Å². The Morgan fingerprint density at radius 3 is 2.81 bits per heavy atom. The Bertz CT molecular complexity index is 885. The van der Waals surface area contributed by atoms with Gasteiger partial charge in [0, 0.05) is 24.4 Å². The van der Waals surface area contributed by atoms with E-state index >= 15 is 0 Å². The van der Waals surface area contributed by atoms with Gasteiger partial charge < -0.3 is 14.2 Å². The Morgan fingerprint density at radius 1 is 1.27 bits per heavy atom. The number of aromatic nitrogens is 3. The molecule has 1 amide bonds. The van der Waals surface area contributed by atoms with Crippen molar-refractivity contribution in [2.45, 2.75) is 18.8 Å².